The van der Waals surface area contributed by atoms with Crippen molar-refractivity contribution in [2.75, 3.05) is 0 Å². The molecular formula is C16H13N5. The molecular weight excluding hydrogens is 262 g/mol. The van der Waals surface area contributed by atoms with E-state index < -0.39 is 0 Å². The third-order valence-corrected chi connectivity index (χ3v) is 3.43. The topological polar surface area (TPSA) is 70.2 Å². The van der Waals surface area contributed by atoms with Crippen molar-refractivity contribution in [2.24, 2.45) is 0 Å². The number of benzene rings is 2. The monoisotopic (exact) mass is 275 g/mol. The van der Waals surface area contributed by atoms with E-state index in [2.05, 4.69) is 37.5 Å². The fraction of sp³-hybridized carbons (Fsp3) is 0.0625. The average Bonchev–Trinajstić information content (AvgIpc) is 3.14. The van der Waals surface area contributed by atoms with Crippen LogP contribution in [0.25, 0.3) is 22.4 Å². The van der Waals surface area contributed by atoms with Gasteiger partial charge in [-0.1, -0.05) is 48.5 Å². The van der Waals surface area contributed by atoms with Gasteiger partial charge in [-0.2, -0.15) is 10.2 Å². The summed E-state index contributed by atoms with van der Waals surface area (Å²) in [6, 6.07) is 18.2. The van der Waals surface area contributed by atoms with Gasteiger partial charge >= 0.3 is 0 Å². The van der Waals surface area contributed by atoms with Crippen molar-refractivity contribution < 1.29 is 0 Å². The number of para-hydroxylation sites is 1. The lowest BCUT2D eigenvalue weighted by Crippen LogP contribution is -1.90. The van der Waals surface area contributed by atoms with Gasteiger partial charge in [0.1, 0.15) is 11.5 Å². The van der Waals surface area contributed by atoms with Crippen LogP contribution in [0.2, 0.25) is 0 Å². The molecule has 5 heteroatoms. The predicted molar refractivity (Wildman–Crippen MR) is 80.7 cm³/mol. The average molecular weight is 275 g/mol. The number of hydrogen-bond acceptors (Lipinski definition) is 3. The van der Waals surface area contributed by atoms with Gasteiger partial charge < -0.3 is 0 Å². The lowest BCUT2D eigenvalue weighted by molar-refractivity contribution is 0.972. The molecule has 0 atom stereocenters. The third kappa shape index (κ3) is 2.18. The Morgan fingerprint density at radius 2 is 1.62 bits per heavy atom. The highest BCUT2D eigenvalue weighted by atomic mass is 15.2. The molecule has 0 saturated carbocycles. The number of nitrogens with one attached hydrogen (secondary N) is 2. The highest BCUT2D eigenvalue weighted by Gasteiger charge is 2.12. The second-order valence-electron chi connectivity index (χ2n) is 4.89. The Balaban J connectivity index is 1.68. The summed E-state index contributed by atoms with van der Waals surface area (Å²) < 4.78 is 0. The van der Waals surface area contributed by atoms with Gasteiger partial charge in [0.25, 0.3) is 0 Å². The molecule has 102 valence electrons. The highest BCUT2D eigenvalue weighted by molar-refractivity contribution is 5.90. The van der Waals surface area contributed by atoms with Gasteiger partial charge in [0.05, 0.1) is 5.52 Å². The van der Waals surface area contributed by atoms with E-state index in [4.69, 9.17) is 0 Å². The Hall–Kier alpha value is -2.95. The summed E-state index contributed by atoms with van der Waals surface area (Å²) >= 11 is 0. The maximum Gasteiger partial charge on any atom is 0.202 e. The first kappa shape index (κ1) is 11.8. The molecule has 0 spiro atoms. The van der Waals surface area contributed by atoms with Gasteiger partial charge in [-0.15, -0.1) is 0 Å². The summed E-state index contributed by atoms with van der Waals surface area (Å²) in [5.41, 5.74) is 2.97. The molecule has 2 aromatic carbocycles. The van der Waals surface area contributed by atoms with Gasteiger partial charge in [0, 0.05) is 11.8 Å². The van der Waals surface area contributed by atoms with Crippen LogP contribution in [0.4, 0.5) is 0 Å². The van der Waals surface area contributed by atoms with E-state index in [0.29, 0.717) is 5.82 Å². The Labute approximate surface area is 121 Å². The zero-order valence-corrected chi connectivity index (χ0v) is 11.2. The smallest absolute Gasteiger partial charge is 0.202 e. The molecule has 21 heavy (non-hydrogen) atoms. The Morgan fingerprint density at radius 3 is 2.52 bits per heavy atom. The number of fused-ring (bicyclic) bond motifs is 1. The van der Waals surface area contributed by atoms with Crippen LogP contribution in [0.1, 0.15) is 11.4 Å². The summed E-state index contributed by atoms with van der Waals surface area (Å²) in [6.45, 7) is 0. The predicted octanol–water partition coefficient (Wildman–Crippen LogP) is 2.94. The molecule has 4 aromatic rings. The maximum absolute atomic E-state index is 4.55. The molecule has 0 aliphatic carbocycles. The van der Waals surface area contributed by atoms with Crippen LogP contribution < -0.4 is 0 Å². The molecule has 0 radical (unpaired) electrons. The van der Waals surface area contributed by atoms with Crippen LogP contribution in [-0.4, -0.2) is 25.4 Å². The summed E-state index contributed by atoms with van der Waals surface area (Å²) in [5, 5.41) is 15.6. The van der Waals surface area contributed by atoms with Gasteiger partial charge in [-0.05, 0) is 11.6 Å². The first-order valence-electron chi connectivity index (χ1n) is 6.79. The number of aromatic amines is 2. The van der Waals surface area contributed by atoms with E-state index >= 15 is 0 Å². The fourth-order valence-electron chi connectivity index (χ4n) is 2.40. The largest absolute Gasteiger partial charge is 0.277 e. The van der Waals surface area contributed by atoms with Crippen molar-refractivity contribution in [3.8, 4) is 11.5 Å². The summed E-state index contributed by atoms with van der Waals surface area (Å²) in [4.78, 5) is 4.55. The van der Waals surface area contributed by atoms with E-state index in [1.807, 2.05) is 42.5 Å². The maximum atomic E-state index is 4.55. The second-order valence-corrected chi connectivity index (χ2v) is 4.89. The molecule has 0 bridgehead atoms. The molecule has 0 aliphatic heterocycles. The quantitative estimate of drug-likeness (QED) is 0.604. The molecule has 0 aliphatic rings. The molecule has 5 nitrogen and oxygen atoms in total. The highest BCUT2D eigenvalue weighted by Crippen LogP contribution is 2.23. The number of nitrogens with zero attached hydrogens (tertiary/aromatic N) is 3. The van der Waals surface area contributed by atoms with Gasteiger partial charge in [-0.25, -0.2) is 4.98 Å². The van der Waals surface area contributed by atoms with E-state index in [0.717, 1.165) is 28.8 Å². The summed E-state index contributed by atoms with van der Waals surface area (Å²) in [7, 11) is 0. The molecule has 2 heterocycles. The number of H-pyrrole nitrogens is 2. The van der Waals surface area contributed by atoms with Crippen molar-refractivity contribution in [2.45, 2.75) is 6.42 Å². The van der Waals surface area contributed by atoms with E-state index in [1.54, 1.807) is 0 Å². The second kappa shape index (κ2) is 4.86. The van der Waals surface area contributed by atoms with Crippen LogP contribution in [0, 0.1) is 0 Å². The van der Waals surface area contributed by atoms with Crippen molar-refractivity contribution >= 4 is 10.9 Å². The molecule has 4 rings (SSSR count). The van der Waals surface area contributed by atoms with Gasteiger partial charge in [-0.3, -0.25) is 10.2 Å². The first-order valence-corrected chi connectivity index (χ1v) is 6.79. The van der Waals surface area contributed by atoms with Crippen LogP contribution >= 0.6 is 0 Å². The molecule has 0 unspecified atom stereocenters. The summed E-state index contributed by atoms with van der Waals surface area (Å²) in [5.74, 6) is 1.46. The minimum absolute atomic E-state index is 0.624. The minimum atomic E-state index is 0.624. The Bertz CT molecular complexity index is 876. The zero-order chi connectivity index (χ0) is 14.1. The summed E-state index contributed by atoms with van der Waals surface area (Å²) in [6.07, 6.45) is 0.732. The third-order valence-electron chi connectivity index (χ3n) is 3.43. The van der Waals surface area contributed by atoms with Crippen molar-refractivity contribution in [1.82, 2.24) is 25.4 Å². The van der Waals surface area contributed by atoms with E-state index in [9.17, 15) is 0 Å². The molecule has 0 amide bonds. The fourth-order valence-corrected chi connectivity index (χ4v) is 2.40. The standard InChI is InChI=1S/C16H13N5/c1-2-6-11(7-3-1)10-14-17-16(21-19-14)15-12-8-4-5-9-13(12)18-20-15/h1-9H,10H2,(H,18,20)(H,17,19,21). The lowest BCUT2D eigenvalue weighted by Gasteiger charge is -1.95. The molecule has 0 fully saturated rings. The minimum Gasteiger partial charge on any atom is -0.277 e. The molecule has 2 aromatic heterocycles. The SMILES string of the molecule is c1ccc(Cc2nc(-c3n[nH]c4ccccc34)n[nH]2)cc1. The lowest BCUT2D eigenvalue weighted by atomic mass is 10.1. The molecule has 0 saturated heterocycles. The van der Waals surface area contributed by atoms with Crippen molar-refractivity contribution in [3.63, 3.8) is 0 Å². The first-order chi connectivity index (χ1) is 10.4. The van der Waals surface area contributed by atoms with Gasteiger partial charge in [0.2, 0.25) is 5.82 Å². The van der Waals surface area contributed by atoms with Crippen LogP contribution in [0.3, 0.4) is 0 Å². The van der Waals surface area contributed by atoms with E-state index in [-0.39, 0.29) is 0 Å². The number of hydrogen-bond donors (Lipinski definition) is 2. The van der Waals surface area contributed by atoms with Crippen LogP contribution in [-0.2, 0) is 6.42 Å². The Kier molecular flexibility index (Phi) is 2.74. The van der Waals surface area contributed by atoms with Crippen LogP contribution in [0.5, 0.6) is 0 Å². The Morgan fingerprint density at radius 1 is 0.810 bits per heavy atom. The number of aromatic nitrogens is 5. The zero-order valence-electron chi connectivity index (χ0n) is 11.2. The number of rotatable bonds is 3. The van der Waals surface area contributed by atoms with E-state index in [1.165, 1.54) is 5.56 Å². The molecule has 2 N–H and O–H groups in total. The van der Waals surface area contributed by atoms with Crippen LogP contribution in [0.15, 0.2) is 54.6 Å². The van der Waals surface area contributed by atoms with Gasteiger partial charge in [0.15, 0.2) is 0 Å². The van der Waals surface area contributed by atoms with Crippen molar-refractivity contribution in [1.29, 1.82) is 0 Å². The normalized spacial score (nSPS) is 11.0. The van der Waals surface area contributed by atoms with Crippen molar-refractivity contribution in [3.05, 3.63) is 66.0 Å².